The summed E-state index contributed by atoms with van der Waals surface area (Å²) in [5, 5.41) is 2.12. The Hall–Kier alpha value is -1.85. The van der Waals surface area contributed by atoms with Gasteiger partial charge in [0, 0.05) is 17.5 Å². The summed E-state index contributed by atoms with van der Waals surface area (Å²) in [6, 6.07) is 0.813. The summed E-state index contributed by atoms with van der Waals surface area (Å²) in [5.74, 6) is -5.11. The average molecular weight is 273 g/mol. The second-order valence-electron chi connectivity index (χ2n) is 5.10. The highest BCUT2D eigenvalue weighted by Crippen LogP contribution is 2.16. The minimum absolute atomic E-state index is 0.288. The Labute approximate surface area is 108 Å². The van der Waals surface area contributed by atoms with Gasteiger partial charge in [-0.05, 0) is 0 Å². The first kappa shape index (κ1) is 15.2. The number of benzene rings is 1. The first-order valence-corrected chi connectivity index (χ1v) is 5.59. The summed E-state index contributed by atoms with van der Waals surface area (Å²) in [5.41, 5.74) is -1.57. The van der Waals surface area contributed by atoms with Gasteiger partial charge in [-0.25, -0.2) is 13.2 Å². The fourth-order valence-corrected chi connectivity index (χ4v) is 1.27. The lowest BCUT2D eigenvalue weighted by Crippen LogP contribution is -2.36. The van der Waals surface area contributed by atoms with Crippen LogP contribution in [0.4, 0.5) is 13.2 Å². The molecule has 0 fully saturated rings. The molecule has 0 radical (unpaired) electrons. The van der Waals surface area contributed by atoms with E-state index in [1.54, 1.807) is 20.8 Å². The van der Waals surface area contributed by atoms with E-state index in [4.69, 9.17) is 0 Å². The molecular weight excluding hydrogens is 259 g/mol. The lowest BCUT2D eigenvalue weighted by molar-refractivity contribution is -0.125. The first-order chi connectivity index (χ1) is 8.62. The molecule has 1 aromatic rings. The average Bonchev–Trinajstić information content (AvgIpc) is 2.22. The number of rotatable bonds is 3. The molecule has 0 aromatic heterocycles. The van der Waals surface area contributed by atoms with E-state index in [9.17, 15) is 22.8 Å². The van der Waals surface area contributed by atoms with Gasteiger partial charge in [0.25, 0.3) is 5.91 Å². The fourth-order valence-electron chi connectivity index (χ4n) is 1.27. The van der Waals surface area contributed by atoms with Crippen molar-refractivity contribution in [1.82, 2.24) is 5.32 Å². The van der Waals surface area contributed by atoms with Gasteiger partial charge in [-0.2, -0.15) is 0 Å². The summed E-state index contributed by atoms with van der Waals surface area (Å²) in [7, 11) is 0. The van der Waals surface area contributed by atoms with Gasteiger partial charge < -0.3 is 5.32 Å². The van der Waals surface area contributed by atoms with E-state index in [1.807, 2.05) is 0 Å². The Morgan fingerprint density at radius 1 is 1.11 bits per heavy atom. The second-order valence-corrected chi connectivity index (χ2v) is 5.10. The SMILES string of the molecule is CC(C)(C)C(=O)CNC(=O)c1c(F)cc(F)cc1F. The van der Waals surface area contributed by atoms with Gasteiger partial charge in [-0.1, -0.05) is 20.8 Å². The second kappa shape index (κ2) is 5.42. The Kier molecular flexibility index (Phi) is 4.34. The van der Waals surface area contributed by atoms with Gasteiger partial charge in [0.1, 0.15) is 23.0 Å². The van der Waals surface area contributed by atoms with Crippen molar-refractivity contribution in [3.8, 4) is 0 Å². The molecule has 0 spiro atoms. The van der Waals surface area contributed by atoms with Crippen molar-refractivity contribution in [1.29, 1.82) is 0 Å². The molecule has 0 aliphatic carbocycles. The van der Waals surface area contributed by atoms with Crippen molar-refractivity contribution < 1.29 is 22.8 Å². The van der Waals surface area contributed by atoms with Crippen LogP contribution in [0.5, 0.6) is 0 Å². The highest BCUT2D eigenvalue weighted by Gasteiger charge is 2.24. The van der Waals surface area contributed by atoms with Gasteiger partial charge in [-0.3, -0.25) is 9.59 Å². The number of carbonyl (C=O) groups excluding carboxylic acids is 2. The van der Waals surface area contributed by atoms with Crippen molar-refractivity contribution in [2.75, 3.05) is 6.54 Å². The maximum Gasteiger partial charge on any atom is 0.257 e. The third-order valence-electron chi connectivity index (χ3n) is 2.48. The largest absolute Gasteiger partial charge is 0.345 e. The van der Waals surface area contributed by atoms with Crippen LogP contribution in [-0.4, -0.2) is 18.2 Å². The van der Waals surface area contributed by atoms with Gasteiger partial charge in [0.2, 0.25) is 0 Å². The van der Waals surface area contributed by atoms with Gasteiger partial charge in [0.05, 0.1) is 6.54 Å². The van der Waals surface area contributed by atoms with Crippen LogP contribution < -0.4 is 5.32 Å². The van der Waals surface area contributed by atoms with Crippen LogP contribution in [0.3, 0.4) is 0 Å². The van der Waals surface area contributed by atoms with Crippen LogP contribution in [0, 0.1) is 22.9 Å². The third-order valence-corrected chi connectivity index (χ3v) is 2.48. The predicted octanol–water partition coefficient (Wildman–Crippen LogP) is 2.45. The summed E-state index contributed by atoms with van der Waals surface area (Å²) in [6.07, 6.45) is 0. The molecule has 0 atom stereocenters. The van der Waals surface area contributed by atoms with Crippen molar-refractivity contribution in [2.24, 2.45) is 5.41 Å². The molecule has 0 unspecified atom stereocenters. The molecule has 0 heterocycles. The Morgan fingerprint density at radius 3 is 2.00 bits per heavy atom. The Balaban J connectivity index is 2.83. The lowest BCUT2D eigenvalue weighted by atomic mass is 9.91. The normalized spacial score (nSPS) is 11.3. The van der Waals surface area contributed by atoms with E-state index < -0.39 is 34.3 Å². The molecule has 1 N–H and O–H groups in total. The molecule has 104 valence electrons. The number of hydrogen-bond acceptors (Lipinski definition) is 2. The maximum atomic E-state index is 13.3. The molecule has 0 aliphatic rings. The summed E-state index contributed by atoms with van der Waals surface area (Å²) < 4.78 is 39.3. The quantitative estimate of drug-likeness (QED) is 0.919. The van der Waals surface area contributed by atoms with Crippen molar-refractivity contribution in [2.45, 2.75) is 20.8 Å². The number of amides is 1. The minimum atomic E-state index is -1.31. The zero-order valence-corrected chi connectivity index (χ0v) is 10.8. The van der Waals surface area contributed by atoms with Crippen molar-refractivity contribution in [3.63, 3.8) is 0 Å². The van der Waals surface area contributed by atoms with E-state index in [2.05, 4.69) is 5.32 Å². The third kappa shape index (κ3) is 3.81. The van der Waals surface area contributed by atoms with Crippen molar-refractivity contribution in [3.05, 3.63) is 35.1 Å². The predicted molar refractivity (Wildman–Crippen MR) is 63.1 cm³/mol. The minimum Gasteiger partial charge on any atom is -0.345 e. The molecule has 0 aliphatic heterocycles. The topological polar surface area (TPSA) is 46.2 Å². The molecule has 19 heavy (non-hydrogen) atoms. The molecule has 1 aromatic carbocycles. The number of ketones is 1. The maximum absolute atomic E-state index is 13.3. The smallest absolute Gasteiger partial charge is 0.257 e. The van der Waals surface area contributed by atoms with Crippen LogP contribution in [0.1, 0.15) is 31.1 Å². The molecule has 1 rings (SSSR count). The summed E-state index contributed by atoms with van der Waals surface area (Å²) in [6.45, 7) is 4.61. The van der Waals surface area contributed by atoms with Crippen LogP contribution in [0.15, 0.2) is 12.1 Å². The molecule has 0 saturated heterocycles. The number of halogens is 3. The van der Waals surface area contributed by atoms with Gasteiger partial charge in [0.15, 0.2) is 5.78 Å². The number of hydrogen-bond donors (Lipinski definition) is 1. The lowest BCUT2D eigenvalue weighted by Gasteiger charge is -2.16. The molecule has 6 heteroatoms. The van der Waals surface area contributed by atoms with E-state index in [1.165, 1.54) is 0 Å². The number of Topliss-reactive ketones (excluding diaryl/α,β-unsaturated/α-hetero) is 1. The number of nitrogens with one attached hydrogen (secondary N) is 1. The standard InChI is InChI=1S/C13H14F3NO2/c1-13(2,3)10(18)6-17-12(19)11-8(15)4-7(14)5-9(11)16/h4-5H,6H2,1-3H3,(H,17,19). The van der Waals surface area contributed by atoms with E-state index in [0.717, 1.165) is 0 Å². The Morgan fingerprint density at radius 2 is 1.58 bits per heavy atom. The fraction of sp³-hybridized carbons (Fsp3) is 0.385. The van der Waals surface area contributed by atoms with Gasteiger partial charge >= 0.3 is 0 Å². The highest BCUT2D eigenvalue weighted by molar-refractivity contribution is 5.97. The summed E-state index contributed by atoms with van der Waals surface area (Å²) in [4.78, 5) is 23.1. The van der Waals surface area contributed by atoms with Crippen LogP contribution in [0.2, 0.25) is 0 Å². The van der Waals surface area contributed by atoms with Crippen LogP contribution in [-0.2, 0) is 4.79 Å². The van der Waals surface area contributed by atoms with Gasteiger partial charge in [-0.15, -0.1) is 0 Å². The highest BCUT2D eigenvalue weighted by atomic mass is 19.1. The Bertz CT molecular complexity index is 498. The van der Waals surface area contributed by atoms with E-state index in [-0.39, 0.29) is 12.3 Å². The molecule has 1 amide bonds. The molecule has 0 bridgehead atoms. The zero-order chi connectivity index (χ0) is 14.8. The molecule has 3 nitrogen and oxygen atoms in total. The van der Waals surface area contributed by atoms with Crippen LogP contribution >= 0.6 is 0 Å². The van der Waals surface area contributed by atoms with E-state index >= 15 is 0 Å². The first-order valence-electron chi connectivity index (χ1n) is 5.59. The van der Waals surface area contributed by atoms with E-state index in [0.29, 0.717) is 12.1 Å². The summed E-state index contributed by atoms with van der Waals surface area (Å²) >= 11 is 0. The monoisotopic (exact) mass is 273 g/mol. The molecular formula is C13H14F3NO2. The zero-order valence-electron chi connectivity index (χ0n) is 10.8. The van der Waals surface area contributed by atoms with Crippen molar-refractivity contribution >= 4 is 11.7 Å². The number of carbonyl (C=O) groups is 2. The van der Waals surface area contributed by atoms with Crippen LogP contribution in [0.25, 0.3) is 0 Å². The molecule has 0 saturated carbocycles.